The molecule has 0 radical (unpaired) electrons. The van der Waals surface area contributed by atoms with Crippen molar-refractivity contribution >= 4 is 39.2 Å². The molecule has 0 saturated heterocycles. The molecule has 8 heteroatoms. The fourth-order valence-corrected chi connectivity index (χ4v) is 4.36. The molecular formula is C17H14ClNO4S2. The first-order valence-electron chi connectivity index (χ1n) is 7.21. The average molecular weight is 396 g/mol. The lowest BCUT2D eigenvalue weighted by molar-refractivity contribution is -0.136. The van der Waals surface area contributed by atoms with Crippen LogP contribution in [0.5, 0.6) is 0 Å². The molecular weight excluding hydrogens is 382 g/mol. The predicted octanol–water partition coefficient (Wildman–Crippen LogP) is 3.78. The van der Waals surface area contributed by atoms with Crippen LogP contribution in [0.25, 0.3) is 0 Å². The Hall–Kier alpha value is -2.01. The molecule has 0 saturated carbocycles. The van der Waals surface area contributed by atoms with Gasteiger partial charge in [0.2, 0.25) is 0 Å². The van der Waals surface area contributed by atoms with E-state index < -0.39 is 15.8 Å². The van der Waals surface area contributed by atoms with Crippen LogP contribution in [0.15, 0.2) is 51.1 Å². The third-order valence-corrected chi connectivity index (χ3v) is 6.32. The van der Waals surface area contributed by atoms with E-state index in [0.29, 0.717) is 20.4 Å². The summed E-state index contributed by atoms with van der Waals surface area (Å²) in [6.45, 7) is 1.54. The van der Waals surface area contributed by atoms with E-state index in [1.165, 1.54) is 23.9 Å². The van der Waals surface area contributed by atoms with Crippen molar-refractivity contribution in [3.63, 3.8) is 0 Å². The standard InChI is InChI=1S/C17H14ClNO4S2/c1-2-25(22,23)15-3-4-16(12(8-15)10-19)24-14-6-11(7-17(20)21)5-13(18)9-14/h3-6,8-9H,2,7H2,1H3,(H,20,21). The van der Waals surface area contributed by atoms with Crippen LogP contribution >= 0.6 is 23.4 Å². The number of nitriles is 1. The van der Waals surface area contributed by atoms with Gasteiger partial charge in [-0.15, -0.1) is 0 Å². The molecule has 2 rings (SSSR count). The number of rotatable bonds is 6. The summed E-state index contributed by atoms with van der Waals surface area (Å²) in [7, 11) is -3.39. The van der Waals surface area contributed by atoms with Gasteiger partial charge in [-0.1, -0.05) is 30.3 Å². The second-order valence-electron chi connectivity index (χ2n) is 5.14. The molecule has 130 valence electrons. The van der Waals surface area contributed by atoms with E-state index in [-0.39, 0.29) is 22.6 Å². The van der Waals surface area contributed by atoms with Crippen LogP contribution in [0.2, 0.25) is 5.02 Å². The fraction of sp³-hybridized carbons (Fsp3) is 0.176. The Kier molecular flexibility index (Phi) is 6.11. The summed E-state index contributed by atoms with van der Waals surface area (Å²) in [5.41, 5.74) is 0.783. The number of hydrogen-bond donors (Lipinski definition) is 1. The lowest BCUT2D eigenvalue weighted by Gasteiger charge is -2.09. The van der Waals surface area contributed by atoms with E-state index in [2.05, 4.69) is 0 Å². The highest BCUT2D eigenvalue weighted by molar-refractivity contribution is 7.99. The molecule has 25 heavy (non-hydrogen) atoms. The van der Waals surface area contributed by atoms with E-state index in [1.807, 2.05) is 6.07 Å². The molecule has 0 atom stereocenters. The Morgan fingerprint density at radius 2 is 2.00 bits per heavy atom. The van der Waals surface area contributed by atoms with E-state index >= 15 is 0 Å². The SMILES string of the molecule is CCS(=O)(=O)c1ccc(Sc2cc(Cl)cc(CC(=O)O)c2)c(C#N)c1. The van der Waals surface area contributed by atoms with Crippen molar-refractivity contribution in [1.29, 1.82) is 5.26 Å². The minimum absolute atomic E-state index is 0.0444. The molecule has 0 amide bonds. The van der Waals surface area contributed by atoms with E-state index in [0.717, 1.165) is 0 Å². The monoisotopic (exact) mass is 395 g/mol. The smallest absolute Gasteiger partial charge is 0.307 e. The van der Waals surface area contributed by atoms with Crippen molar-refractivity contribution in [2.45, 2.75) is 28.0 Å². The Bertz CT molecular complexity index is 965. The topological polar surface area (TPSA) is 95.2 Å². The quantitative estimate of drug-likeness (QED) is 0.799. The molecule has 5 nitrogen and oxygen atoms in total. The first kappa shape index (κ1) is 19.3. The summed E-state index contributed by atoms with van der Waals surface area (Å²) in [6.07, 6.45) is -0.160. The minimum Gasteiger partial charge on any atom is -0.481 e. The van der Waals surface area contributed by atoms with Crippen LogP contribution in [0.4, 0.5) is 0 Å². The summed E-state index contributed by atoms with van der Waals surface area (Å²) in [6, 6.07) is 11.3. The third-order valence-electron chi connectivity index (χ3n) is 3.32. The Morgan fingerprint density at radius 3 is 2.60 bits per heavy atom. The second kappa shape index (κ2) is 7.91. The summed E-state index contributed by atoms with van der Waals surface area (Å²) < 4.78 is 23.9. The van der Waals surface area contributed by atoms with Crippen LogP contribution in [0.3, 0.4) is 0 Å². The molecule has 0 aliphatic carbocycles. The van der Waals surface area contributed by atoms with Gasteiger partial charge in [0.1, 0.15) is 6.07 Å². The molecule has 2 aromatic carbocycles. The highest BCUT2D eigenvalue weighted by Gasteiger charge is 2.15. The van der Waals surface area contributed by atoms with Crippen molar-refractivity contribution in [3.05, 3.63) is 52.5 Å². The largest absolute Gasteiger partial charge is 0.481 e. The van der Waals surface area contributed by atoms with Crippen molar-refractivity contribution < 1.29 is 18.3 Å². The molecule has 0 aliphatic heterocycles. The minimum atomic E-state index is -3.39. The number of benzene rings is 2. The van der Waals surface area contributed by atoms with Crippen LogP contribution < -0.4 is 0 Å². The van der Waals surface area contributed by atoms with E-state index in [4.69, 9.17) is 16.7 Å². The van der Waals surface area contributed by atoms with Crippen molar-refractivity contribution in [3.8, 4) is 6.07 Å². The van der Waals surface area contributed by atoms with Gasteiger partial charge in [-0.3, -0.25) is 4.79 Å². The van der Waals surface area contributed by atoms with E-state index in [9.17, 15) is 18.5 Å². The molecule has 0 spiro atoms. The maximum atomic E-state index is 11.9. The van der Waals surface area contributed by atoms with Crippen LogP contribution in [0, 0.1) is 11.3 Å². The number of aliphatic carboxylic acids is 1. The number of carboxylic acid groups (broad SMARTS) is 1. The molecule has 1 N–H and O–H groups in total. The lowest BCUT2D eigenvalue weighted by Crippen LogP contribution is -2.04. The first-order chi connectivity index (χ1) is 11.7. The molecule has 0 aromatic heterocycles. The molecule has 0 unspecified atom stereocenters. The third kappa shape index (κ3) is 4.98. The van der Waals surface area contributed by atoms with Gasteiger partial charge in [0.05, 0.1) is 22.6 Å². The van der Waals surface area contributed by atoms with Gasteiger partial charge in [0, 0.05) is 14.8 Å². The molecule has 0 aliphatic rings. The Balaban J connectivity index is 2.39. The van der Waals surface area contributed by atoms with E-state index in [1.54, 1.807) is 31.2 Å². The maximum absolute atomic E-state index is 11.9. The zero-order valence-corrected chi connectivity index (χ0v) is 15.6. The highest BCUT2D eigenvalue weighted by atomic mass is 35.5. The Morgan fingerprint density at radius 1 is 1.28 bits per heavy atom. The lowest BCUT2D eigenvalue weighted by atomic mass is 10.1. The summed E-state index contributed by atoms with van der Waals surface area (Å²) in [5.74, 6) is -1.01. The van der Waals surface area contributed by atoms with Crippen LogP contribution in [-0.2, 0) is 21.1 Å². The second-order valence-corrected chi connectivity index (χ2v) is 8.97. The van der Waals surface area contributed by atoms with Crippen molar-refractivity contribution in [2.24, 2.45) is 0 Å². The fourth-order valence-electron chi connectivity index (χ4n) is 2.13. The average Bonchev–Trinajstić information content (AvgIpc) is 2.53. The van der Waals surface area contributed by atoms with Crippen molar-refractivity contribution in [1.82, 2.24) is 0 Å². The zero-order valence-electron chi connectivity index (χ0n) is 13.2. The van der Waals surface area contributed by atoms with Crippen molar-refractivity contribution in [2.75, 3.05) is 5.75 Å². The number of sulfone groups is 1. The number of hydrogen-bond acceptors (Lipinski definition) is 5. The van der Waals surface area contributed by atoms with Gasteiger partial charge in [0.25, 0.3) is 0 Å². The number of carbonyl (C=O) groups is 1. The van der Waals surface area contributed by atoms with Crippen LogP contribution in [-0.4, -0.2) is 25.2 Å². The normalized spacial score (nSPS) is 11.1. The van der Waals surface area contributed by atoms with Gasteiger partial charge >= 0.3 is 5.97 Å². The van der Waals surface area contributed by atoms with Gasteiger partial charge in [0.15, 0.2) is 9.84 Å². The molecule has 0 fully saturated rings. The van der Waals surface area contributed by atoms with Gasteiger partial charge in [-0.05, 0) is 42.0 Å². The van der Waals surface area contributed by atoms with Crippen LogP contribution in [0.1, 0.15) is 18.1 Å². The van der Waals surface area contributed by atoms with Gasteiger partial charge in [-0.25, -0.2) is 8.42 Å². The summed E-state index contributed by atoms with van der Waals surface area (Å²) in [5, 5.41) is 18.6. The number of carboxylic acids is 1. The maximum Gasteiger partial charge on any atom is 0.307 e. The zero-order chi connectivity index (χ0) is 18.6. The summed E-state index contributed by atoms with van der Waals surface area (Å²) in [4.78, 5) is 12.2. The molecule has 2 aromatic rings. The van der Waals surface area contributed by atoms with Gasteiger partial charge < -0.3 is 5.11 Å². The van der Waals surface area contributed by atoms with Gasteiger partial charge in [-0.2, -0.15) is 5.26 Å². The number of nitrogens with zero attached hydrogens (tertiary/aromatic N) is 1. The highest BCUT2D eigenvalue weighted by Crippen LogP contribution is 2.34. The number of halogens is 1. The first-order valence-corrected chi connectivity index (χ1v) is 10.1. The molecule has 0 heterocycles. The predicted molar refractivity (Wildman–Crippen MR) is 95.8 cm³/mol. The molecule has 0 bridgehead atoms. The summed E-state index contributed by atoms with van der Waals surface area (Å²) >= 11 is 7.25. The Labute approximate surface area is 155 Å².